The van der Waals surface area contributed by atoms with E-state index in [-0.39, 0.29) is 35.5 Å². The lowest BCUT2D eigenvalue weighted by molar-refractivity contribution is -0.140. The largest absolute Gasteiger partial charge is 0.497 e. The first-order chi connectivity index (χ1) is 25.7. The van der Waals surface area contributed by atoms with Crippen molar-refractivity contribution in [2.24, 2.45) is 0 Å². The summed E-state index contributed by atoms with van der Waals surface area (Å²) in [5.41, 5.74) is 2.78. The lowest BCUT2D eigenvalue weighted by Gasteiger charge is -2.34. The summed E-state index contributed by atoms with van der Waals surface area (Å²) in [4.78, 5) is 30.7. The number of anilines is 1. The van der Waals surface area contributed by atoms with Crippen molar-refractivity contribution in [3.05, 3.63) is 150 Å². The van der Waals surface area contributed by atoms with Crippen molar-refractivity contribution in [3.8, 4) is 17.2 Å². The Morgan fingerprint density at radius 3 is 2.02 bits per heavy atom. The highest BCUT2D eigenvalue weighted by atomic mass is 32.2. The standard InChI is InChI=1S/C43H45N3O6S/c1-32-20-26-40(27-21-32)53(49,50)46(36-22-24-38(25-23-36)52-37-17-7-4-8-18-37)31-42(47)45(30-34-14-11-19-39(28-34)51-2)41(29-33-12-5-3-6-13-33)43(48)44-35-15-9-10-16-35/h3-8,11-14,17-28,35,41H,9-10,15-16,29-31H2,1-2H3,(H,44,48)/t41-/m1/s1. The molecule has 274 valence electrons. The fourth-order valence-electron chi connectivity index (χ4n) is 6.56. The van der Waals surface area contributed by atoms with Crippen molar-refractivity contribution >= 4 is 27.5 Å². The molecule has 1 aliphatic carbocycles. The van der Waals surface area contributed by atoms with E-state index >= 15 is 0 Å². The summed E-state index contributed by atoms with van der Waals surface area (Å²) in [7, 11) is -2.69. The number of rotatable bonds is 15. The van der Waals surface area contributed by atoms with E-state index in [9.17, 15) is 18.0 Å². The molecule has 0 heterocycles. The molecule has 1 aliphatic rings. The van der Waals surface area contributed by atoms with E-state index in [1.54, 1.807) is 43.5 Å². The van der Waals surface area contributed by atoms with Crippen molar-refractivity contribution in [1.82, 2.24) is 10.2 Å². The molecule has 6 rings (SSSR count). The molecular formula is C43H45N3O6S. The SMILES string of the molecule is COc1cccc(CN(C(=O)CN(c2ccc(Oc3ccccc3)cc2)S(=O)(=O)c2ccc(C)cc2)[C@H](Cc2ccccc2)C(=O)NC2CCCC2)c1. The number of aryl methyl sites for hydroxylation is 1. The number of amides is 2. The van der Waals surface area contributed by atoms with Crippen LogP contribution in [0, 0.1) is 6.92 Å². The number of nitrogens with zero attached hydrogens (tertiary/aromatic N) is 2. The second kappa shape index (κ2) is 17.3. The quantitative estimate of drug-likeness (QED) is 0.118. The zero-order valence-corrected chi connectivity index (χ0v) is 30.9. The summed E-state index contributed by atoms with van der Waals surface area (Å²) >= 11 is 0. The Labute approximate surface area is 312 Å². The van der Waals surface area contributed by atoms with Crippen molar-refractivity contribution in [2.75, 3.05) is 18.0 Å². The van der Waals surface area contributed by atoms with Gasteiger partial charge in [0.2, 0.25) is 11.8 Å². The number of hydrogen-bond acceptors (Lipinski definition) is 6. The molecule has 0 aliphatic heterocycles. The number of methoxy groups -OCH3 is 1. The molecule has 5 aromatic carbocycles. The highest BCUT2D eigenvalue weighted by Gasteiger charge is 2.35. The molecule has 0 spiro atoms. The van der Waals surface area contributed by atoms with Gasteiger partial charge in [-0.2, -0.15) is 0 Å². The molecule has 0 unspecified atom stereocenters. The van der Waals surface area contributed by atoms with Crippen LogP contribution in [-0.2, 0) is 32.6 Å². The molecule has 10 heteroatoms. The summed E-state index contributed by atoms with van der Waals surface area (Å²) in [6, 6.07) is 38.4. The van der Waals surface area contributed by atoms with Gasteiger partial charge in [-0.25, -0.2) is 8.42 Å². The highest BCUT2D eigenvalue weighted by molar-refractivity contribution is 7.92. The normalized spacial score (nSPS) is 13.5. The number of sulfonamides is 1. The van der Waals surface area contributed by atoms with Crippen LogP contribution < -0.4 is 19.1 Å². The molecule has 0 aromatic heterocycles. The van der Waals surface area contributed by atoms with Crippen molar-refractivity contribution in [3.63, 3.8) is 0 Å². The Hall–Kier alpha value is -5.61. The fourth-order valence-corrected chi connectivity index (χ4v) is 7.97. The van der Waals surface area contributed by atoms with E-state index in [0.717, 1.165) is 46.7 Å². The van der Waals surface area contributed by atoms with Gasteiger partial charge in [0.15, 0.2) is 0 Å². The third-order valence-corrected chi connectivity index (χ3v) is 11.2. The minimum absolute atomic E-state index is 0.0181. The van der Waals surface area contributed by atoms with Crippen LogP contribution in [0.4, 0.5) is 5.69 Å². The monoisotopic (exact) mass is 731 g/mol. The van der Waals surface area contributed by atoms with Crippen LogP contribution in [0.3, 0.4) is 0 Å². The van der Waals surface area contributed by atoms with Gasteiger partial charge in [-0.15, -0.1) is 0 Å². The van der Waals surface area contributed by atoms with Gasteiger partial charge in [0.1, 0.15) is 29.8 Å². The van der Waals surface area contributed by atoms with Gasteiger partial charge in [-0.3, -0.25) is 13.9 Å². The first kappa shape index (κ1) is 37.2. The van der Waals surface area contributed by atoms with Crippen LogP contribution in [-0.4, -0.2) is 50.9 Å². The van der Waals surface area contributed by atoms with Crippen LogP contribution in [0.5, 0.6) is 17.2 Å². The Balaban J connectivity index is 1.39. The molecule has 9 nitrogen and oxygen atoms in total. The molecule has 0 bridgehead atoms. The van der Waals surface area contributed by atoms with Gasteiger partial charge in [0.25, 0.3) is 10.0 Å². The number of benzene rings is 5. The highest BCUT2D eigenvalue weighted by Crippen LogP contribution is 2.29. The lowest BCUT2D eigenvalue weighted by atomic mass is 10.0. The second-order valence-corrected chi connectivity index (χ2v) is 15.2. The van der Waals surface area contributed by atoms with Crippen LogP contribution in [0.2, 0.25) is 0 Å². The first-order valence-electron chi connectivity index (χ1n) is 17.9. The van der Waals surface area contributed by atoms with E-state index < -0.39 is 28.5 Å². The van der Waals surface area contributed by atoms with Crippen LogP contribution in [0.1, 0.15) is 42.4 Å². The van der Waals surface area contributed by atoms with Gasteiger partial charge in [-0.05, 0) is 91.6 Å². The molecule has 0 saturated heterocycles. The van der Waals surface area contributed by atoms with Gasteiger partial charge >= 0.3 is 0 Å². The maximum absolute atomic E-state index is 14.9. The number of nitrogens with one attached hydrogen (secondary N) is 1. The van der Waals surface area contributed by atoms with Gasteiger partial charge < -0.3 is 19.7 Å². The summed E-state index contributed by atoms with van der Waals surface area (Å²) in [5.74, 6) is 0.937. The third-order valence-electron chi connectivity index (χ3n) is 9.45. The Morgan fingerprint density at radius 2 is 1.36 bits per heavy atom. The maximum atomic E-state index is 14.9. The van der Waals surface area contributed by atoms with E-state index in [1.807, 2.05) is 91.9 Å². The molecule has 2 amide bonds. The number of ether oxygens (including phenoxy) is 2. The summed E-state index contributed by atoms with van der Waals surface area (Å²) in [6.07, 6.45) is 4.05. The molecule has 5 aromatic rings. The molecule has 1 fully saturated rings. The van der Waals surface area contributed by atoms with E-state index in [1.165, 1.54) is 17.0 Å². The predicted octanol–water partition coefficient (Wildman–Crippen LogP) is 7.69. The van der Waals surface area contributed by atoms with Crippen LogP contribution >= 0.6 is 0 Å². The number of para-hydroxylation sites is 1. The third kappa shape index (κ3) is 9.64. The van der Waals surface area contributed by atoms with E-state index in [0.29, 0.717) is 17.2 Å². The maximum Gasteiger partial charge on any atom is 0.264 e. The Bertz CT molecular complexity index is 2070. The minimum atomic E-state index is -4.25. The summed E-state index contributed by atoms with van der Waals surface area (Å²) in [6.45, 7) is 1.37. The molecule has 53 heavy (non-hydrogen) atoms. The minimum Gasteiger partial charge on any atom is -0.497 e. The average Bonchev–Trinajstić information content (AvgIpc) is 3.69. The first-order valence-corrected chi connectivity index (χ1v) is 19.3. The van der Waals surface area contributed by atoms with Gasteiger partial charge in [0.05, 0.1) is 17.7 Å². The summed E-state index contributed by atoms with van der Waals surface area (Å²) < 4.78 is 41.5. The number of carbonyl (C=O) groups is 2. The van der Waals surface area contributed by atoms with E-state index in [4.69, 9.17) is 9.47 Å². The van der Waals surface area contributed by atoms with Gasteiger partial charge in [-0.1, -0.05) is 91.2 Å². The molecule has 1 atom stereocenters. The molecule has 1 N–H and O–H groups in total. The predicted molar refractivity (Wildman–Crippen MR) is 207 cm³/mol. The van der Waals surface area contributed by atoms with Crippen LogP contribution in [0.25, 0.3) is 0 Å². The fraction of sp³-hybridized carbons (Fsp3) is 0.256. The molecule has 0 radical (unpaired) electrons. The van der Waals surface area contributed by atoms with E-state index in [2.05, 4.69) is 5.32 Å². The zero-order chi connectivity index (χ0) is 37.2. The van der Waals surface area contributed by atoms with Crippen molar-refractivity contribution in [2.45, 2.75) is 62.6 Å². The smallest absolute Gasteiger partial charge is 0.264 e. The van der Waals surface area contributed by atoms with Crippen molar-refractivity contribution in [1.29, 1.82) is 0 Å². The van der Waals surface area contributed by atoms with Gasteiger partial charge in [0, 0.05) is 19.0 Å². The molecule has 1 saturated carbocycles. The van der Waals surface area contributed by atoms with Crippen LogP contribution in [0.15, 0.2) is 138 Å². The zero-order valence-electron chi connectivity index (χ0n) is 30.1. The Kier molecular flexibility index (Phi) is 12.1. The second-order valence-electron chi connectivity index (χ2n) is 13.3. The Morgan fingerprint density at radius 1 is 0.755 bits per heavy atom. The number of hydrogen-bond donors (Lipinski definition) is 1. The average molecular weight is 732 g/mol. The summed E-state index contributed by atoms with van der Waals surface area (Å²) in [5, 5.41) is 3.21. The lowest BCUT2D eigenvalue weighted by Crippen LogP contribution is -2.54. The molecular weight excluding hydrogens is 687 g/mol. The number of carbonyl (C=O) groups excluding carboxylic acids is 2. The van der Waals surface area contributed by atoms with Crippen molar-refractivity contribution < 1.29 is 27.5 Å². The topological polar surface area (TPSA) is 105 Å².